The van der Waals surface area contributed by atoms with E-state index in [2.05, 4.69) is 47.3 Å². The van der Waals surface area contributed by atoms with Crippen molar-refractivity contribution in [3.8, 4) is 23.0 Å². The Morgan fingerprint density at radius 1 is 1.08 bits per heavy atom. The molecule has 2 aromatic carbocycles. The number of pyridine rings is 1. The number of rotatable bonds is 10. The number of carbonyl (C=O) groups is 1. The number of fused-ring (bicyclic) bond motifs is 2. The van der Waals surface area contributed by atoms with Crippen molar-refractivity contribution in [1.29, 1.82) is 0 Å². The number of amides is 1. The van der Waals surface area contributed by atoms with E-state index in [1.165, 1.54) is 43.9 Å². The summed E-state index contributed by atoms with van der Waals surface area (Å²) < 4.78 is 132. The maximum Gasteiger partial charge on any atom is 0.435 e. The minimum atomic E-state index is -5.11. The highest BCUT2D eigenvalue weighted by atomic mass is 32.2. The van der Waals surface area contributed by atoms with Gasteiger partial charge in [0, 0.05) is 47.3 Å². The number of para-hydroxylation sites is 1. The van der Waals surface area contributed by atoms with Gasteiger partial charge in [0.1, 0.15) is 40.1 Å². The van der Waals surface area contributed by atoms with Crippen molar-refractivity contribution in [2.45, 2.75) is 68.8 Å². The maximum atomic E-state index is 15.4. The van der Waals surface area contributed by atoms with E-state index in [9.17, 15) is 40.3 Å². The minimum absolute atomic E-state index is 0.00657. The fourth-order valence-electron chi connectivity index (χ4n) is 7.09. The van der Waals surface area contributed by atoms with Crippen LogP contribution in [0.3, 0.4) is 0 Å². The number of aryl methyl sites for hydroxylation is 1. The van der Waals surface area contributed by atoms with Crippen molar-refractivity contribution < 1.29 is 49.1 Å². The molecule has 13 nitrogen and oxygen atoms in total. The van der Waals surface area contributed by atoms with E-state index in [-0.39, 0.29) is 33.2 Å². The molecule has 0 saturated carbocycles. The largest absolute Gasteiger partial charge is 0.435 e. The molecule has 0 saturated heterocycles. The molecule has 4 N–H and O–H groups in total. The Balaban J connectivity index is 1.38. The summed E-state index contributed by atoms with van der Waals surface area (Å²) in [6.45, 7) is 2.80. The minimum Gasteiger partial charge on any atom is -0.378 e. The first-order chi connectivity index (χ1) is 28.0. The normalized spacial score (nSPS) is 15.7. The van der Waals surface area contributed by atoms with E-state index in [0.717, 1.165) is 25.3 Å². The van der Waals surface area contributed by atoms with Crippen LogP contribution in [0.4, 0.5) is 36.6 Å². The molecular weight excluding hydrogens is 824 g/mol. The van der Waals surface area contributed by atoms with Gasteiger partial charge in [-0.3, -0.25) is 24.0 Å². The number of benzene rings is 2. The molecule has 2 atom stereocenters. The van der Waals surface area contributed by atoms with E-state index in [1.807, 2.05) is 0 Å². The summed E-state index contributed by atoms with van der Waals surface area (Å²) in [5.74, 6) is -3.05. The van der Waals surface area contributed by atoms with Crippen LogP contribution in [0.25, 0.3) is 22.0 Å². The van der Waals surface area contributed by atoms with Crippen molar-refractivity contribution in [1.82, 2.24) is 40.1 Å². The van der Waals surface area contributed by atoms with Crippen molar-refractivity contribution in [3.05, 3.63) is 106 Å². The number of anilines is 1. The summed E-state index contributed by atoms with van der Waals surface area (Å²) in [6, 6.07) is 8.99. The van der Waals surface area contributed by atoms with Gasteiger partial charge in [-0.25, -0.2) is 22.2 Å². The van der Waals surface area contributed by atoms with Crippen LogP contribution in [0.1, 0.15) is 60.7 Å². The quantitative estimate of drug-likeness (QED) is 0.0938. The molecule has 6 aromatic rings. The Morgan fingerprint density at radius 2 is 1.80 bits per heavy atom. The first-order valence-electron chi connectivity index (χ1n) is 18.1. The molecule has 1 aliphatic carbocycles. The average molecular weight is 858 g/mol. The van der Waals surface area contributed by atoms with E-state index in [4.69, 9.17) is 0 Å². The van der Waals surface area contributed by atoms with Gasteiger partial charge in [-0.2, -0.15) is 37.2 Å². The molecule has 0 unspecified atom stereocenters. The third-order valence-corrected chi connectivity index (χ3v) is 11.0. The number of carbonyl (C=O) groups excluding carboxylic acids is 1. The van der Waals surface area contributed by atoms with Gasteiger partial charge in [0.05, 0.1) is 23.4 Å². The number of aromatic nitrogens is 7. The Labute approximate surface area is 337 Å². The zero-order valence-corrected chi connectivity index (χ0v) is 32.8. The number of hydrogen-bond acceptors (Lipinski definition) is 8. The summed E-state index contributed by atoms with van der Waals surface area (Å²) in [7, 11) is -2.64. The number of aromatic amines is 1. The van der Waals surface area contributed by atoms with Crippen LogP contribution in [0.2, 0.25) is 0 Å². The molecule has 0 bridgehead atoms. The lowest BCUT2D eigenvalue weighted by Crippen LogP contribution is -2.35. The monoisotopic (exact) mass is 857 g/mol. The lowest BCUT2D eigenvalue weighted by atomic mass is 9.93. The smallest absolute Gasteiger partial charge is 0.378 e. The molecule has 0 fully saturated rings. The lowest BCUT2D eigenvalue weighted by molar-refractivity contribution is -0.142. The van der Waals surface area contributed by atoms with Gasteiger partial charge < -0.3 is 10.4 Å². The maximum absolute atomic E-state index is 15.4. The summed E-state index contributed by atoms with van der Waals surface area (Å²) in [5, 5.41) is 27.1. The second-order valence-corrected chi connectivity index (χ2v) is 16.5. The molecule has 4 aromatic heterocycles. The SMILES string of the molecule is C[C@@H]1Cc2c(C(F)(F)F)nn(CC(=O)N[C@@H](Cc3cc(F)cc(F)c3)c3nc(C#CC(C)(C)O)ccc3-c3cccc4c(NS(=O)(=O)c5cn[nH]c5)nn(C)c34)c2C1(F)F. The van der Waals surface area contributed by atoms with Crippen LogP contribution in [-0.2, 0) is 53.4 Å². The van der Waals surface area contributed by atoms with Gasteiger partial charge in [0.15, 0.2) is 11.5 Å². The Bertz CT molecular complexity index is 2800. The summed E-state index contributed by atoms with van der Waals surface area (Å²) in [5.41, 5.74) is -3.87. The molecule has 314 valence electrons. The van der Waals surface area contributed by atoms with Crippen LogP contribution in [0.5, 0.6) is 0 Å². The standard InChI is InChI=1S/C39H34F7N9O4S/c1-20-12-29-34(39(44,45)46)51-55(35(29)38(20,42)43)19-31(56)50-30(15-21-13-22(40)16-23(41)14-21)32-26(9-8-24(49-32)10-11-37(2,3)57)27-6-5-7-28-33(27)54(4)52-36(28)53-60(58,59)25-17-47-48-18-25/h5-9,13-14,16-18,20,30,57H,12,15,19H2,1-4H3,(H,47,48)(H,50,56)(H,52,53)/t20-,30+/m1/s1. The third-order valence-electron chi connectivity index (χ3n) is 9.68. The van der Waals surface area contributed by atoms with Crippen LogP contribution in [0, 0.1) is 29.4 Å². The third kappa shape index (κ3) is 8.29. The van der Waals surface area contributed by atoms with Crippen LogP contribution in [-0.4, -0.2) is 59.8 Å². The number of nitrogens with one attached hydrogen (secondary N) is 3. The predicted octanol–water partition coefficient (Wildman–Crippen LogP) is 6.16. The lowest BCUT2D eigenvalue weighted by Gasteiger charge is -2.23. The van der Waals surface area contributed by atoms with Gasteiger partial charge >= 0.3 is 6.18 Å². The Kier molecular flexibility index (Phi) is 10.5. The van der Waals surface area contributed by atoms with Crippen molar-refractivity contribution in [2.24, 2.45) is 13.0 Å². The van der Waals surface area contributed by atoms with Gasteiger partial charge in [-0.05, 0) is 68.5 Å². The van der Waals surface area contributed by atoms with Gasteiger partial charge in [-0.15, -0.1) is 0 Å². The Morgan fingerprint density at radius 3 is 2.45 bits per heavy atom. The van der Waals surface area contributed by atoms with Gasteiger partial charge in [-0.1, -0.05) is 25.0 Å². The number of H-pyrrole nitrogens is 1. The molecule has 1 aliphatic rings. The van der Waals surface area contributed by atoms with Crippen LogP contribution in [0.15, 0.2) is 65.8 Å². The fraction of sp³-hybridized carbons (Fsp3) is 0.308. The molecule has 0 aliphatic heterocycles. The highest BCUT2D eigenvalue weighted by molar-refractivity contribution is 7.92. The number of nitrogens with zero attached hydrogens (tertiary/aromatic N) is 6. The summed E-state index contributed by atoms with van der Waals surface area (Å²) >= 11 is 0. The number of hydrogen-bond donors (Lipinski definition) is 4. The second kappa shape index (κ2) is 15.1. The predicted molar refractivity (Wildman–Crippen MR) is 201 cm³/mol. The van der Waals surface area contributed by atoms with Crippen molar-refractivity contribution >= 4 is 32.7 Å². The fourth-order valence-corrected chi connectivity index (χ4v) is 8.01. The number of sulfonamides is 1. The molecule has 21 heteroatoms. The van der Waals surface area contributed by atoms with Crippen molar-refractivity contribution in [3.63, 3.8) is 0 Å². The molecule has 1 amide bonds. The summed E-state index contributed by atoms with van der Waals surface area (Å²) in [4.78, 5) is 18.5. The molecule has 0 radical (unpaired) electrons. The van der Waals surface area contributed by atoms with E-state index in [0.29, 0.717) is 27.2 Å². The topological polar surface area (TPSA) is 173 Å². The van der Waals surface area contributed by atoms with E-state index in [1.54, 1.807) is 18.2 Å². The number of aliphatic hydroxyl groups is 1. The number of halogens is 7. The van der Waals surface area contributed by atoms with Gasteiger partial charge in [0.2, 0.25) is 5.91 Å². The highest BCUT2D eigenvalue weighted by Crippen LogP contribution is 2.49. The highest BCUT2D eigenvalue weighted by Gasteiger charge is 2.54. The first kappa shape index (κ1) is 41.9. The summed E-state index contributed by atoms with van der Waals surface area (Å²) in [6.07, 6.45) is -3.88. The second-order valence-electron chi connectivity index (χ2n) is 14.8. The molecule has 7 rings (SSSR count). The van der Waals surface area contributed by atoms with E-state index < -0.39 is 93.6 Å². The number of alkyl halides is 5. The zero-order valence-electron chi connectivity index (χ0n) is 32.0. The van der Waals surface area contributed by atoms with Crippen LogP contribution < -0.4 is 10.0 Å². The van der Waals surface area contributed by atoms with Crippen molar-refractivity contribution in [2.75, 3.05) is 4.72 Å². The average Bonchev–Trinajstić information content (AvgIpc) is 3.92. The van der Waals surface area contributed by atoms with Gasteiger partial charge in [0.25, 0.3) is 15.9 Å². The van der Waals surface area contributed by atoms with E-state index >= 15 is 8.78 Å². The van der Waals surface area contributed by atoms with Crippen LogP contribution >= 0.6 is 0 Å². The zero-order chi connectivity index (χ0) is 43.5. The molecule has 0 spiro atoms. The Hall–Kier alpha value is -6.27. The molecular formula is C39H34F7N9O4S. The molecule has 60 heavy (non-hydrogen) atoms. The first-order valence-corrected chi connectivity index (χ1v) is 19.5. The molecule has 4 heterocycles.